The Morgan fingerprint density at radius 3 is 2.52 bits per heavy atom. The molecule has 0 fully saturated rings. The van der Waals surface area contributed by atoms with Crippen LogP contribution in [0.4, 0.5) is 17.2 Å². The van der Waals surface area contributed by atoms with Crippen molar-refractivity contribution in [2.45, 2.75) is 13.8 Å². The fourth-order valence-electron chi connectivity index (χ4n) is 2.86. The van der Waals surface area contributed by atoms with E-state index in [1.807, 2.05) is 18.7 Å². The quantitative estimate of drug-likeness (QED) is 0.797. The minimum Gasteiger partial charge on any atom is -0.394 e. The standard InChI is InChI=1S/C17H20N4/c1-4-21(17-16(18)12(2)19-20(17)3)15-11-7-9-13-8-5-6-10-14(13)15/h5-11H,4,18H2,1-3H3. The van der Waals surface area contributed by atoms with Crippen LogP contribution in [0.3, 0.4) is 0 Å². The van der Waals surface area contributed by atoms with E-state index in [-0.39, 0.29) is 0 Å². The summed E-state index contributed by atoms with van der Waals surface area (Å²) < 4.78 is 1.86. The van der Waals surface area contributed by atoms with Crippen LogP contribution in [0.5, 0.6) is 0 Å². The maximum Gasteiger partial charge on any atom is 0.154 e. The molecule has 0 spiro atoms. The van der Waals surface area contributed by atoms with E-state index in [0.717, 1.165) is 29.4 Å². The molecule has 0 aliphatic rings. The third kappa shape index (κ3) is 2.13. The Bertz CT molecular complexity index is 783. The van der Waals surface area contributed by atoms with Gasteiger partial charge in [-0.2, -0.15) is 5.10 Å². The Morgan fingerprint density at radius 1 is 1.14 bits per heavy atom. The molecule has 0 atom stereocenters. The number of aromatic nitrogens is 2. The molecule has 3 rings (SSSR count). The lowest BCUT2D eigenvalue weighted by Gasteiger charge is -2.25. The largest absolute Gasteiger partial charge is 0.394 e. The Hall–Kier alpha value is -2.49. The highest BCUT2D eigenvalue weighted by atomic mass is 15.4. The summed E-state index contributed by atoms with van der Waals surface area (Å²) in [6, 6.07) is 14.7. The molecule has 1 aromatic heterocycles. The molecule has 0 bridgehead atoms. The number of hydrogen-bond acceptors (Lipinski definition) is 3. The fourth-order valence-corrected chi connectivity index (χ4v) is 2.86. The summed E-state index contributed by atoms with van der Waals surface area (Å²) in [4.78, 5) is 2.22. The smallest absolute Gasteiger partial charge is 0.154 e. The average molecular weight is 280 g/mol. The summed E-state index contributed by atoms with van der Waals surface area (Å²) >= 11 is 0. The van der Waals surface area contributed by atoms with Gasteiger partial charge in [0.1, 0.15) is 0 Å². The molecule has 0 amide bonds. The van der Waals surface area contributed by atoms with Crippen molar-refractivity contribution in [1.82, 2.24) is 9.78 Å². The zero-order valence-corrected chi connectivity index (χ0v) is 12.7. The highest BCUT2D eigenvalue weighted by molar-refractivity contribution is 5.96. The SMILES string of the molecule is CCN(c1cccc2ccccc12)c1c(N)c(C)nn1C. The van der Waals surface area contributed by atoms with Crippen molar-refractivity contribution in [2.75, 3.05) is 17.2 Å². The highest BCUT2D eigenvalue weighted by Crippen LogP contribution is 2.35. The first-order chi connectivity index (χ1) is 10.1. The average Bonchev–Trinajstić information content (AvgIpc) is 2.75. The molecule has 0 radical (unpaired) electrons. The van der Waals surface area contributed by atoms with Crippen LogP contribution in [0.2, 0.25) is 0 Å². The van der Waals surface area contributed by atoms with Gasteiger partial charge in [-0.05, 0) is 25.3 Å². The lowest BCUT2D eigenvalue weighted by atomic mass is 10.1. The number of nitrogens with zero attached hydrogens (tertiary/aromatic N) is 3. The van der Waals surface area contributed by atoms with Gasteiger partial charge in [-0.3, -0.25) is 4.68 Å². The number of aryl methyl sites for hydroxylation is 2. The highest BCUT2D eigenvalue weighted by Gasteiger charge is 2.19. The van der Waals surface area contributed by atoms with Crippen molar-refractivity contribution in [2.24, 2.45) is 7.05 Å². The third-order valence-electron chi connectivity index (χ3n) is 3.87. The van der Waals surface area contributed by atoms with E-state index < -0.39 is 0 Å². The first-order valence-electron chi connectivity index (χ1n) is 7.18. The molecule has 2 N–H and O–H groups in total. The van der Waals surface area contributed by atoms with Gasteiger partial charge in [0.2, 0.25) is 0 Å². The number of anilines is 3. The number of benzene rings is 2. The van der Waals surface area contributed by atoms with Gasteiger partial charge >= 0.3 is 0 Å². The monoisotopic (exact) mass is 280 g/mol. The second-order valence-corrected chi connectivity index (χ2v) is 5.19. The van der Waals surface area contributed by atoms with Gasteiger partial charge < -0.3 is 10.6 Å². The summed E-state index contributed by atoms with van der Waals surface area (Å²) in [6.45, 7) is 4.90. The van der Waals surface area contributed by atoms with Crippen LogP contribution in [0.15, 0.2) is 42.5 Å². The Morgan fingerprint density at radius 2 is 1.86 bits per heavy atom. The second kappa shape index (κ2) is 5.13. The molecular weight excluding hydrogens is 260 g/mol. The maximum absolute atomic E-state index is 6.24. The summed E-state index contributed by atoms with van der Waals surface area (Å²) in [5, 5.41) is 6.89. The molecule has 0 saturated carbocycles. The zero-order valence-electron chi connectivity index (χ0n) is 12.7. The molecular formula is C17H20N4. The molecule has 0 aliphatic carbocycles. The second-order valence-electron chi connectivity index (χ2n) is 5.19. The van der Waals surface area contributed by atoms with E-state index in [0.29, 0.717) is 0 Å². The number of rotatable bonds is 3. The molecule has 0 aliphatic heterocycles. The molecule has 108 valence electrons. The molecule has 4 nitrogen and oxygen atoms in total. The van der Waals surface area contributed by atoms with Crippen LogP contribution in [0.1, 0.15) is 12.6 Å². The molecule has 2 aromatic carbocycles. The lowest BCUT2D eigenvalue weighted by molar-refractivity contribution is 0.742. The van der Waals surface area contributed by atoms with Gasteiger partial charge in [0.25, 0.3) is 0 Å². The van der Waals surface area contributed by atoms with Crippen LogP contribution in [0.25, 0.3) is 10.8 Å². The van der Waals surface area contributed by atoms with Crippen molar-refractivity contribution in [3.05, 3.63) is 48.2 Å². The van der Waals surface area contributed by atoms with Crippen molar-refractivity contribution < 1.29 is 0 Å². The third-order valence-corrected chi connectivity index (χ3v) is 3.87. The first-order valence-corrected chi connectivity index (χ1v) is 7.18. The Balaban J connectivity index is 2.23. The summed E-state index contributed by atoms with van der Waals surface area (Å²) in [5.74, 6) is 0.950. The lowest BCUT2D eigenvalue weighted by Crippen LogP contribution is -2.20. The Labute approximate surface area is 124 Å². The molecule has 0 unspecified atom stereocenters. The minimum absolute atomic E-state index is 0.743. The van der Waals surface area contributed by atoms with Crippen LogP contribution < -0.4 is 10.6 Å². The fraction of sp³-hybridized carbons (Fsp3) is 0.235. The van der Waals surface area contributed by atoms with Gasteiger partial charge in [-0.15, -0.1) is 0 Å². The van der Waals surface area contributed by atoms with Gasteiger partial charge in [-0.1, -0.05) is 36.4 Å². The van der Waals surface area contributed by atoms with E-state index in [1.54, 1.807) is 0 Å². The zero-order chi connectivity index (χ0) is 15.0. The van der Waals surface area contributed by atoms with Crippen molar-refractivity contribution in [3.8, 4) is 0 Å². The van der Waals surface area contributed by atoms with E-state index in [9.17, 15) is 0 Å². The van der Waals surface area contributed by atoms with Gasteiger partial charge in [0, 0.05) is 19.0 Å². The van der Waals surface area contributed by atoms with Crippen molar-refractivity contribution in [1.29, 1.82) is 0 Å². The van der Waals surface area contributed by atoms with Crippen molar-refractivity contribution >= 4 is 28.0 Å². The van der Waals surface area contributed by atoms with Crippen LogP contribution in [-0.4, -0.2) is 16.3 Å². The summed E-state index contributed by atoms with van der Waals surface area (Å²) in [6.07, 6.45) is 0. The van der Waals surface area contributed by atoms with E-state index in [4.69, 9.17) is 5.73 Å². The van der Waals surface area contributed by atoms with Crippen LogP contribution >= 0.6 is 0 Å². The molecule has 4 heteroatoms. The van der Waals surface area contributed by atoms with Crippen LogP contribution in [0, 0.1) is 6.92 Å². The van der Waals surface area contributed by atoms with Gasteiger partial charge in [-0.25, -0.2) is 0 Å². The van der Waals surface area contributed by atoms with Crippen LogP contribution in [-0.2, 0) is 7.05 Å². The number of hydrogen-bond donors (Lipinski definition) is 1. The number of fused-ring (bicyclic) bond motifs is 1. The predicted octanol–water partition coefficient (Wildman–Crippen LogP) is 3.62. The van der Waals surface area contributed by atoms with Gasteiger partial charge in [0.15, 0.2) is 5.82 Å². The molecule has 1 heterocycles. The van der Waals surface area contributed by atoms with E-state index in [1.165, 1.54) is 10.8 Å². The molecule has 21 heavy (non-hydrogen) atoms. The molecule has 0 saturated heterocycles. The maximum atomic E-state index is 6.24. The normalized spacial score (nSPS) is 11.0. The van der Waals surface area contributed by atoms with E-state index >= 15 is 0 Å². The number of nitrogens with two attached hydrogens (primary N) is 1. The molecule has 3 aromatic rings. The summed E-state index contributed by atoms with van der Waals surface area (Å²) in [5.41, 5.74) is 9.00. The summed E-state index contributed by atoms with van der Waals surface area (Å²) in [7, 11) is 1.94. The Kier molecular flexibility index (Phi) is 3.29. The minimum atomic E-state index is 0.743. The van der Waals surface area contributed by atoms with Gasteiger partial charge in [0.05, 0.1) is 17.1 Å². The number of nitrogen functional groups attached to an aromatic ring is 1. The van der Waals surface area contributed by atoms with E-state index in [2.05, 4.69) is 59.4 Å². The van der Waals surface area contributed by atoms with Crippen molar-refractivity contribution in [3.63, 3.8) is 0 Å². The first kappa shape index (κ1) is 13.5. The predicted molar refractivity (Wildman–Crippen MR) is 89.0 cm³/mol. The topological polar surface area (TPSA) is 47.1 Å².